The molecule has 3 aliphatic rings. The third-order valence-corrected chi connectivity index (χ3v) is 14.3. The molecule has 4 heteroatoms. The molecule has 0 N–H and O–H groups in total. The molecule has 0 fully saturated rings. The van der Waals surface area contributed by atoms with Crippen molar-refractivity contribution in [2.24, 2.45) is 0 Å². The van der Waals surface area contributed by atoms with Gasteiger partial charge in [0, 0.05) is 48.7 Å². The van der Waals surface area contributed by atoms with Crippen LogP contribution in [-0.4, -0.2) is 6.71 Å². The van der Waals surface area contributed by atoms with Gasteiger partial charge in [-0.2, -0.15) is 0 Å². The number of nitrogens with zero attached hydrogens (tertiary/aromatic N) is 2. The molecule has 7 aromatic rings. The molecule has 2 aliphatic heterocycles. The number of fused-ring (bicyclic) bond motifs is 7. The maximum absolute atomic E-state index is 9.35. The predicted octanol–water partition coefficient (Wildman–Crippen LogP) is 13.0. The second-order valence-electron chi connectivity index (χ2n) is 19.0. The van der Waals surface area contributed by atoms with Crippen molar-refractivity contribution in [2.45, 2.75) is 96.8 Å². The van der Waals surface area contributed by atoms with Crippen LogP contribution in [0, 0.1) is 0 Å². The van der Waals surface area contributed by atoms with E-state index in [2.05, 4.69) is 128 Å². The minimum absolute atomic E-state index is 0.0422. The maximum atomic E-state index is 9.35. The summed E-state index contributed by atoms with van der Waals surface area (Å²) in [6.07, 6.45) is 2.07. The number of benzene rings is 6. The summed E-state index contributed by atoms with van der Waals surface area (Å²) in [6.45, 7) is 20.1. The fraction of sp³-hybridized carbons (Fsp3) is 0.283. The maximum Gasteiger partial charge on any atom is 0.260 e. The predicted molar refractivity (Wildman–Crippen MR) is 248 cm³/mol. The molecule has 0 atom stereocenters. The van der Waals surface area contributed by atoms with Crippen LogP contribution in [0.1, 0.15) is 117 Å². The molecule has 0 radical (unpaired) electrons. The van der Waals surface area contributed by atoms with Crippen molar-refractivity contribution in [3.8, 4) is 0 Å². The van der Waals surface area contributed by atoms with Crippen LogP contribution < -0.4 is 25.5 Å². The number of thiophene rings is 1. The van der Waals surface area contributed by atoms with Gasteiger partial charge in [0.25, 0.3) is 6.71 Å². The van der Waals surface area contributed by atoms with Gasteiger partial charge in [-0.05, 0) is 123 Å². The Balaban J connectivity index is 1.40. The van der Waals surface area contributed by atoms with Crippen molar-refractivity contribution in [3.05, 3.63) is 161 Å². The van der Waals surface area contributed by atoms with E-state index in [4.69, 9.17) is 8.22 Å². The molecule has 0 saturated carbocycles. The SMILES string of the molecule is [2H]c1c([2H])c([2H])c(N(c2cc3c4c(c2)C(C)(C)c2ccccc2B4c2sc4ccc(C(C)(C)C)cc4c2N3c2ccc3c(c2)C(C)(C)CCC3(C)C)c2c([2H])c([2H])c([2H])c([2H])c2[2H])c([2H])c1[2H]. The largest absolute Gasteiger partial charge is 0.310 e. The fourth-order valence-electron chi connectivity index (χ4n) is 9.83. The summed E-state index contributed by atoms with van der Waals surface area (Å²) >= 11 is 1.80. The summed E-state index contributed by atoms with van der Waals surface area (Å²) in [5.74, 6) is 0. The highest BCUT2D eigenvalue weighted by Crippen LogP contribution is 2.52. The summed E-state index contributed by atoms with van der Waals surface area (Å²) in [7, 11) is 0. The zero-order valence-electron chi connectivity index (χ0n) is 44.2. The van der Waals surface area contributed by atoms with Gasteiger partial charge in [-0.1, -0.05) is 140 Å². The molecule has 10 rings (SSSR count). The third-order valence-electron chi connectivity index (χ3n) is 13.1. The van der Waals surface area contributed by atoms with Crippen LogP contribution in [0.25, 0.3) is 10.1 Å². The smallest absolute Gasteiger partial charge is 0.260 e. The Labute approximate surface area is 358 Å². The lowest BCUT2D eigenvalue weighted by molar-refractivity contribution is 0.332. The lowest BCUT2D eigenvalue weighted by Gasteiger charge is -2.46. The second kappa shape index (κ2) is 12.5. The zero-order valence-corrected chi connectivity index (χ0v) is 35.0. The Hall–Kier alpha value is -5.06. The molecule has 284 valence electrons. The second-order valence-corrected chi connectivity index (χ2v) is 20.0. The normalized spacial score (nSPS) is 19.5. The van der Waals surface area contributed by atoms with E-state index in [1.54, 1.807) is 11.3 Å². The standard InChI is InChI=1S/C53H53BN2S/c1-50(2,3)34-24-27-46-39(30-34)48-49(57-46)54-44-23-17-16-22-41(44)53(8,9)43-32-38(55(35-18-12-10-13-19-35)36-20-14-11-15-21-36)33-45(47(43)54)56(48)37-25-26-40-42(31-37)52(6,7)29-28-51(40,4)5/h10-27,30-33H,28-29H2,1-9H3/i10D,11D,12D,13D,14D,15D,18D,19D,20D,21D. The molecule has 6 aromatic carbocycles. The highest BCUT2D eigenvalue weighted by molar-refractivity contribution is 7.33. The lowest BCUT2D eigenvalue weighted by atomic mass is 9.32. The van der Waals surface area contributed by atoms with Gasteiger partial charge in [0.2, 0.25) is 0 Å². The summed E-state index contributed by atoms with van der Waals surface area (Å²) in [4.78, 5) is 3.67. The Morgan fingerprint density at radius 1 is 0.667 bits per heavy atom. The van der Waals surface area contributed by atoms with Crippen LogP contribution in [-0.2, 0) is 21.7 Å². The van der Waals surface area contributed by atoms with E-state index in [1.165, 1.54) is 31.8 Å². The first-order valence-corrected chi connectivity index (χ1v) is 20.8. The van der Waals surface area contributed by atoms with Crippen LogP contribution >= 0.6 is 11.3 Å². The minimum atomic E-state index is -0.667. The first-order valence-electron chi connectivity index (χ1n) is 25.0. The third kappa shape index (κ3) is 5.50. The van der Waals surface area contributed by atoms with Crippen molar-refractivity contribution < 1.29 is 13.7 Å². The van der Waals surface area contributed by atoms with Gasteiger partial charge in [-0.15, -0.1) is 11.3 Å². The molecule has 1 aromatic heterocycles. The van der Waals surface area contributed by atoms with Crippen molar-refractivity contribution in [1.82, 2.24) is 0 Å². The average molecular weight is 771 g/mol. The summed E-state index contributed by atoms with van der Waals surface area (Å²) in [6, 6.07) is 20.2. The Kier molecular flexibility index (Phi) is 5.86. The highest BCUT2D eigenvalue weighted by atomic mass is 32.1. The number of para-hydroxylation sites is 2. The molecule has 0 amide bonds. The number of rotatable bonds is 4. The lowest BCUT2D eigenvalue weighted by Crippen LogP contribution is -2.63. The van der Waals surface area contributed by atoms with Crippen molar-refractivity contribution in [1.29, 1.82) is 0 Å². The quantitative estimate of drug-likeness (QED) is 0.165. The number of anilines is 6. The summed E-state index contributed by atoms with van der Waals surface area (Å²) in [5.41, 5.74) is 9.47. The minimum Gasteiger partial charge on any atom is -0.310 e. The number of hydrogen-bond donors (Lipinski definition) is 0. The van der Waals surface area contributed by atoms with Crippen LogP contribution in [0.15, 0.2) is 133 Å². The van der Waals surface area contributed by atoms with E-state index in [1.807, 2.05) is 12.1 Å². The van der Waals surface area contributed by atoms with E-state index in [-0.39, 0.29) is 34.3 Å². The Bertz CT molecular complexity index is 3180. The van der Waals surface area contributed by atoms with Crippen molar-refractivity contribution in [3.63, 3.8) is 0 Å². The van der Waals surface area contributed by atoms with Gasteiger partial charge in [-0.25, -0.2) is 0 Å². The van der Waals surface area contributed by atoms with E-state index in [0.29, 0.717) is 5.69 Å². The van der Waals surface area contributed by atoms with E-state index >= 15 is 0 Å². The number of hydrogen-bond acceptors (Lipinski definition) is 3. The molecule has 57 heavy (non-hydrogen) atoms. The Morgan fingerprint density at radius 3 is 1.98 bits per heavy atom. The topological polar surface area (TPSA) is 6.48 Å². The molecule has 0 bridgehead atoms. The fourth-order valence-corrected chi connectivity index (χ4v) is 11.1. The van der Waals surface area contributed by atoms with E-state index < -0.39 is 65.8 Å². The molecule has 0 spiro atoms. The summed E-state index contributed by atoms with van der Waals surface area (Å²) in [5, 5.41) is 1.10. The molecule has 3 heterocycles. The molecule has 2 nitrogen and oxygen atoms in total. The molecule has 0 unspecified atom stereocenters. The van der Waals surface area contributed by atoms with E-state index in [9.17, 15) is 5.48 Å². The highest BCUT2D eigenvalue weighted by Gasteiger charge is 2.48. The Morgan fingerprint density at radius 2 is 1.32 bits per heavy atom. The van der Waals surface area contributed by atoms with Crippen molar-refractivity contribution in [2.75, 3.05) is 9.80 Å². The molecule has 1 aliphatic carbocycles. The van der Waals surface area contributed by atoms with E-state index in [0.717, 1.165) is 56.6 Å². The first-order chi connectivity index (χ1) is 31.3. The zero-order chi connectivity index (χ0) is 48.3. The molecular formula is C53H53BN2S. The van der Waals surface area contributed by atoms with Gasteiger partial charge in [0.05, 0.1) is 19.4 Å². The van der Waals surface area contributed by atoms with Crippen LogP contribution in [0.2, 0.25) is 0 Å². The monoisotopic (exact) mass is 770 g/mol. The first kappa shape index (κ1) is 26.8. The molecular weight excluding hydrogens is 707 g/mol. The van der Waals surface area contributed by atoms with Gasteiger partial charge >= 0.3 is 0 Å². The molecule has 0 saturated heterocycles. The van der Waals surface area contributed by atoms with Crippen molar-refractivity contribution >= 4 is 78.0 Å². The van der Waals surface area contributed by atoms with Crippen LogP contribution in [0.4, 0.5) is 34.1 Å². The van der Waals surface area contributed by atoms with Gasteiger partial charge < -0.3 is 9.80 Å². The van der Waals surface area contributed by atoms with Crippen LogP contribution in [0.5, 0.6) is 0 Å². The average Bonchev–Trinajstić information content (AvgIpc) is 3.66. The summed E-state index contributed by atoms with van der Waals surface area (Å²) < 4.78 is 92.1. The van der Waals surface area contributed by atoms with Gasteiger partial charge in [0.15, 0.2) is 0 Å². The van der Waals surface area contributed by atoms with Gasteiger partial charge in [0.1, 0.15) is 0 Å². The van der Waals surface area contributed by atoms with Crippen LogP contribution in [0.3, 0.4) is 0 Å². The van der Waals surface area contributed by atoms with Gasteiger partial charge in [-0.3, -0.25) is 0 Å².